The first-order valence-electron chi connectivity index (χ1n) is 7.24. The van der Waals surface area contributed by atoms with Crippen molar-refractivity contribution in [1.29, 1.82) is 0 Å². The lowest BCUT2D eigenvalue weighted by Gasteiger charge is -2.05. The van der Waals surface area contributed by atoms with Gasteiger partial charge in [0.15, 0.2) is 0 Å². The molecule has 0 heterocycles. The minimum absolute atomic E-state index is 0.0676. The third kappa shape index (κ3) is 4.57. The van der Waals surface area contributed by atoms with E-state index in [1.807, 2.05) is 32.0 Å². The van der Waals surface area contributed by atoms with Crippen molar-refractivity contribution in [2.24, 2.45) is 5.10 Å². The zero-order valence-electron chi connectivity index (χ0n) is 13.5. The highest BCUT2D eigenvalue weighted by molar-refractivity contribution is 5.86. The quantitative estimate of drug-likeness (QED) is 0.659. The maximum Gasteiger partial charge on any atom is 0.244 e. The van der Waals surface area contributed by atoms with Gasteiger partial charge in [0.25, 0.3) is 0 Å². The van der Waals surface area contributed by atoms with Gasteiger partial charge in [0, 0.05) is 5.56 Å². The summed E-state index contributed by atoms with van der Waals surface area (Å²) < 4.78 is 5.08. The van der Waals surface area contributed by atoms with Gasteiger partial charge in [-0.1, -0.05) is 18.2 Å². The topological polar surface area (TPSA) is 70.9 Å². The highest BCUT2D eigenvalue weighted by atomic mass is 16.5. The summed E-state index contributed by atoms with van der Waals surface area (Å²) in [4.78, 5) is 11.9. The Morgan fingerprint density at radius 1 is 1.22 bits per heavy atom. The third-order valence-corrected chi connectivity index (χ3v) is 3.56. The van der Waals surface area contributed by atoms with Gasteiger partial charge < -0.3 is 9.84 Å². The number of benzene rings is 2. The fourth-order valence-corrected chi connectivity index (χ4v) is 2.08. The van der Waals surface area contributed by atoms with Crippen molar-refractivity contribution >= 4 is 12.1 Å². The number of phenols is 1. The van der Waals surface area contributed by atoms with Gasteiger partial charge in [0.2, 0.25) is 5.91 Å². The fourth-order valence-electron chi connectivity index (χ4n) is 2.08. The van der Waals surface area contributed by atoms with Crippen LogP contribution in [0.5, 0.6) is 11.5 Å². The lowest BCUT2D eigenvalue weighted by atomic mass is 10.0. The monoisotopic (exact) mass is 312 g/mol. The van der Waals surface area contributed by atoms with Gasteiger partial charge in [-0.3, -0.25) is 4.79 Å². The van der Waals surface area contributed by atoms with Gasteiger partial charge in [0.1, 0.15) is 11.5 Å². The average molecular weight is 312 g/mol. The summed E-state index contributed by atoms with van der Waals surface area (Å²) in [6, 6.07) is 10.7. The molecule has 0 spiro atoms. The normalized spacial score (nSPS) is 10.7. The number of methoxy groups -OCH3 is 1. The second-order valence-electron chi connectivity index (χ2n) is 5.31. The minimum atomic E-state index is -0.216. The number of rotatable bonds is 5. The molecule has 5 nitrogen and oxygen atoms in total. The zero-order valence-corrected chi connectivity index (χ0v) is 13.5. The smallest absolute Gasteiger partial charge is 0.244 e. The molecule has 0 radical (unpaired) electrons. The minimum Gasteiger partial charge on any atom is -0.507 e. The number of phenolic OH excluding ortho intramolecular Hbond substituents is 1. The van der Waals surface area contributed by atoms with Crippen LogP contribution in [-0.2, 0) is 11.2 Å². The first kappa shape index (κ1) is 16.5. The molecule has 0 aliphatic rings. The largest absolute Gasteiger partial charge is 0.507 e. The predicted molar refractivity (Wildman–Crippen MR) is 90.0 cm³/mol. The molecule has 0 aliphatic heterocycles. The summed E-state index contributed by atoms with van der Waals surface area (Å²) >= 11 is 0. The van der Waals surface area contributed by atoms with Crippen LogP contribution in [0.25, 0.3) is 0 Å². The van der Waals surface area contributed by atoms with E-state index in [1.54, 1.807) is 19.2 Å². The van der Waals surface area contributed by atoms with E-state index >= 15 is 0 Å². The molecule has 120 valence electrons. The Balaban J connectivity index is 1.97. The molecule has 5 heteroatoms. The second-order valence-corrected chi connectivity index (χ2v) is 5.31. The zero-order chi connectivity index (χ0) is 16.8. The highest BCUT2D eigenvalue weighted by Gasteiger charge is 2.04. The van der Waals surface area contributed by atoms with Crippen LogP contribution in [0.1, 0.15) is 22.3 Å². The van der Waals surface area contributed by atoms with E-state index in [2.05, 4.69) is 10.5 Å². The lowest BCUT2D eigenvalue weighted by Crippen LogP contribution is -2.19. The van der Waals surface area contributed by atoms with E-state index in [-0.39, 0.29) is 18.1 Å². The summed E-state index contributed by atoms with van der Waals surface area (Å²) in [6.45, 7) is 4.05. The number of hydrogen-bond donors (Lipinski definition) is 2. The van der Waals surface area contributed by atoms with Crippen molar-refractivity contribution in [3.05, 3.63) is 58.7 Å². The number of amides is 1. The maximum absolute atomic E-state index is 11.9. The molecule has 0 bridgehead atoms. The van der Waals surface area contributed by atoms with Gasteiger partial charge in [0.05, 0.1) is 19.7 Å². The molecule has 2 N–H and O–H groups in total. The van der Waals surface area contributed by atoms with E-state index in [4.69, 9.17) is 4.74 Å². The molecular formula is C18H20N2O3. The molecule has 0 aliphatic carbocycles. The molecular weight excluding hydrogens is 292 g/mol. The number of carbonyl (C=O) groups is 1. The Hall–Kier alpha value is -2.82. The van der Waals surface area contributed by atoms with Gasteiger partial charge >= 0.3 is 0 Å². The van der Waals surface area contributed by atoms with Crippen molar-refractivity contribution < 1.29 is 14.6 Å². The van der Waals surface area contributed by atoms with E-state index in [9.17, 15) is 9.90 Å². The Bertz CT molecular complexity index is 739. The van der Waals surface area contributed by atoms with Crippen LogP contribution in [0, 0.1) is 13.8 Å². The summed E-state index contributed by atoms with van der Waals surface area (Å²) in [5.74, 6) is 0.454. The summed E-state index contributed by atoms with van der Waals surface area (Å²) in [7, 11) is 1.54. The summed E-state index contributed by atoms with van der Waals surface area (Å²) in [5, 5.41) is 13.6. The van der Waals surface area contributed by atoms with E-state index in [0.29, 0.717) is 11.3 Å². The molecule has 2 aromatic rings. The van der Waals surface area contributed by atoms with Crippen LogP contribution >= 0.6 is 0 Å². The molecule has 0 saturated heterocycles. The van der Waals surface area contributed by atoms with Crippen LogP contribution in [-0.4, -0.2) is 24.3 Å². The highest BCUT2D eigenvalue weighted by Crippen LogP contribution is 2.20. The van der Waals surface area contributed by atoms with Crippen molar-refractivity contribution in [2.45, 2.75) is 20.3 Å². The summed E-state index contributed by atoms with van der Waals surface area (Å²) in [5.41, 5.74) is 6.21. The van der Waals surface area contributed by atoms with Gasteiger partial charge in [-0.05, 0) is 48.7 Å². The lowest BCUT2D eigenvalue weighted by molar-refractivity contribution is -0.120. The van der Waals surface area contributed by atoms with Gasteiger partial charge in [-0.15, -0.1) is 0 Å². The van der Waals surface area contributed by atoms with Crippen LogP contribution in [0.15, 0.2) is 41.5 Å². The van der Waals surface area contributed by atoms with Crippen LogP contribution in [0.3, 0.4) is 0 Å². The number of hydrogen-bond acceptors (Lipinski definition) is 4. The maximum atomic E-state index is 11.9. The molecule has 2 rings (SSSR count). The number of aromatic hydroxyl groups is 1. The fraction of sp³-hybridized carbons (Fsp3) is 0.222. The Labute approximate surface area is 135 Å². The Morgan fingerprint density at radius 3 is 2.70 bits per heavy atom. The Kier molecular flexibility index (Phi) is 5.36. The van der Waals surface area contributed by atoms with E-state index in [1.165, 1.54) is 17.8 Å². The number of aryl methyl sites for hydroxylation is 2. The standard InChI is InChI=1S/C18H20N2O3/c1-12-4-5-14(8-13(12)2)9-18(22)20-19-11-15-10-16(23-3)6-7-17(15)21/h4-8,10-11,21H,9H2,1-3H3,(H,20,22)/b19-11-. The van der Waals surface area contributed by atoms with E-state index in [0.717, 1.165) is 11.1 Å². The number of nitrogens with one attached hydrogen (secondary N) is 1. The van der Waals surface area contributed by atoms with Crippen LogP contribution in [0.4, 0.5) is 0 Å². The van der Waals surface area contributed by atoms with Crippen molar-refractivity contribution in [2.75, 3.05) is 7.11 Å². The molecule has 23 heavy (non-hydrogen) atoms. The SMILES string of the molecule is COc1ccc(O)c(/C=N\NC(=O)Cc2ccc(C)c(C)c2)c1. The van der Waals surface area contributed by atoms with Crippen molar-refractivity contribution in [1.82, 2.24) is 5.43 Å². The predicted octanol–water partition coefficient (Wildman–Crippen LogP) is 2.71. The van der Waals surface area contributed by atoms with Gasteiger partial charge in [-0.25, -0.2) is 5.43 Å². The molecule has 0 atom stereocenters. The third-order valence-electron chi connectivity index (χ3n) is 3.56. The number of carbonyl (C=O) groups excluding carboxylic acids is 1. The summed E-state index contributed by atoms with van der Waals surface area (Å²) in [6.07, 6.45) is 1.64. The van der Waals surface area contributed by atoms with Crippen molar-refractivity contribution in [3.8, 4) is 11.5 Å². The number of nitrogens with zero attached hydrogens (tertiary/aromatic N) is 1. The van der Waals surface area contributed by atoms with Crippen molar-refractivity contribution in [3.63, 3.8) is 0 Å². The average Bonchev–Trinajstić information content (AvgIpc) is 2.53. The molecule has 0 saturated carbocycles. The molecule has 1 amide bonds. The first-order valence-corrected chi connectivity index (χ1v) is 7.24. The number of hydrazone groups is 1. The second kappa shape index (κ2) is 7.45. The first-order chi connectivity index (χ1) is 11.0. The number of ether oxygens (including phenoxy) is 1. The molecule has 0 unspecified atom stereocenters. The van der Waals surface area contributed by atoms with Crippen LogP contribution in [0.2, 0.25) is 0 Å². The molecule has 2 aromatic carbocycles. The molecule has 0 fully saturated rings. The molecule has 0 aromatic heterocycles. The van der Waals surface area contributed by atoms with E-state index < -0.39 is 0 Å². The van der Waals surface area contributed by atoms with Gasteiger partial charge in [-0.2, -0.15) is 5.10 Å². The Morgan fingerprint density at radius 2 is 2.00 bits per heavy atom. The van der Waals surface area contributed by atoms with Crippen LogP contribution < -0.4 is 10.2 Å².